The lowest BCUT2D eigenvalue weighted by Crippen LogP contribution is -2.24. The summed E-state index contributed by atoms with van der Waals surface area (Å²) in [7, 11) is -5.52. The van der Waals surface area contributed by atoms with Gasteiger partial charge >= 0.3 is 11.2 Å². The van der Waals surface area contributed by atoms with Crippen molar-refractivity contribution in [3.8, 4) is 11.6 Å². The topological polar surface area (TPSA) is 94.2 Å². The Morgan fingerprint density at radius 2 is 1.75 bits per heavy atom. The van der Waals surface area contributed by atoms with Crippen LogP contribution >= 0.6 is 0 Å². The molecule has 2 aromatic heterocycles. The summed E-state index contributed by atoms with van der Waals surface area (Å²) in [4.78, 5) is 16.3. The minimum Gasteiger partial charge on any atom is -0.493 e. The summed E-state index contributed by atoms with van der Waals surface area (Å²) < 4.78 is 63.4. The van der Waals surface area contributed by atoms with E-state index >= 15 is 0 Å². The maximum atomic E-state index is 12.9. The number of aryl methyl sites for hydroxylation is 1. The number of nitrogens with zero attached hydrogens (tertiary/aromatic N) is 3. The zero-order valence-corrected chi connectivity index (χ0v) is 17.4. The highest BCUT2D eigenvalue weighted by Gasteiger charge is 2.46. The Hall–Kier alpha value is -3.60. The molecule has 2 aromatic carbocycles. The summed E-state index contributed by atoms with van der Waals surface area (Å²) >= 11 is 0. The van der Waals surface area contributed by atoms with Crippen LogP contribution in [0.15, 0.2) is 70.6 Å². The second-order valence-corrected chi connectivity index (χ2v) is 9.06. The molecule has 0 bridgehead atoms. The number of benzene rings is 2. The van der Waals surface area contributed by atoms with E-state index in [0.29, 0.717) is 0 Å². The third kappa shape index (κ3) is 3.54. The molecule has 0 unspecified atom stereocenters. The van der Waals surface area contributed by atoms with E-state index in [1.54, 1.807) is 12.3 Å². The molecule has 0 aliphatic heterocycles. The SMILES string of the molecule is Cc1cccc2nccc(Cn3cc(O)n(-c4ccc(S(=O)(=O)C(F)(F)F)cc4)c3=O)c12. The van der Waals surface area contributed by atoms with Gasteiger partial charge in [0.05, 0.1) is 28.8 Å². The fourth-order valence-corrected chi connectivity index (χ4v) is 4.29. The van der Waals surface area contributed by atoms with Crippen LogP contribution in [-0.4, -0.2) is 33.2 Å². The molecular formula is C21H16F3N3O4S. The van der Waals surface area contributed by atoms with Crippen LogP contribution in [0, 0.1) is 6.92 Å². The highest BCUT2D eigenvalue weighted by molar-refractivity contribution is 7.92. The summed E-state index contributed by atoms with van der Waals surface area (Å²) in [5.41, 5.74) is -3.57. The van der Waals surface area contributed by atoms with Crippen LogP contribution in [0.2, 0.25) is 0 Å². The van der Waals surface area contributed by atoms with E-state index in [0.717, 1.165) is 50.9 Å². The predicted octanol–water partition coefficient (Wildman–Crippen LogP) is 3.54. The van der Waals surface area contributed by atoms with E-state index in [9.17, 15) is 31.5 Å². The Balaban J connectivity index is 1.73. The first-order chi connectivity index (χ1) is 15.0. The number of aromatic nitrogens is 3. The van der Waals surface area contributed by atoms with Crippen LogP contribution in [0.5, 0.6) is 5.88 Å². The summed E-state index contributed by atoms with van der Waals surface area (Å²) in [6.07, 6.45) is 2.81. The molecule has 166 valence electrons. The number of aromatic hydroxyl groups is 1. The Labute approximate surface area is 179 Å². The molecule has 0 spiro atoms. The zero-order valence-electron chi connectivity index (χ0n) is 16.5. The molecule has 1 N–H and O–H groups in total. The Kier molecular flexibility index (Phi) is 5.08. The van der Waals surface area contributed by atoms with Gasteiger partial charge in [-0.05, 0) is 54.4 Å². The Morgan fingerprint density at radius 1 is 1.06 bits per heavy atom. The van der Waals surface area contributed by atoms with Crippen LogP contribution in [0.3, 0.4) is 0 Å². The van der Waals surface area contributed by atoms with Crippen molar-refractivity contribution in [1.29, 1.82) is 0 Å². The van der Waals surface area contributed by atoms with Crippen molar-refractivity contribution < 1.29 is 26.7 Å². The molecule has 0 atom stereocenters. The lowest BCUT2D eigenvalue weighted by Gasteiger charge is -2.09. The van der Waals surface area contributed by atoms with Gasteiger partial charge in [-0.3, -0.25) is 9.55 Å². The fourth-order valence-electron chi connectivity index (χ4n) is 3.53. The first-order valence-corrected chi connectivity index (χ1v) is 10.7. The van der Waals surface area contributed by atoms with E-state index in [1.807, 2.05) is 25.1 Å². The smallest absolute Gasteiger partial charge is 0.493 e. The van der Waals surface area contributed by atoms with Crippen molar-refractivity contribution >= 4 is 20.7 Å². The summed E-state index contributed by atoms with van der Waals surface area (Å²) in [6, 6.07) is 10.9. The summed E-state index contributed by atoms with van der Waals surface area (Å²) in [5.74, 6) is -0.448. The first-order valence-electron chi connectivity index (χ1n) is 9.27. The second-order valence-electron chi connectivity index (χ2n) is 7.12. The maximum Gasteiger partial charge on any atom is 0.501 e. The molecule has 0 fully saturated rings. The maximum absolute atomic E-state index is 12.9. The van der Waals surface area contributed by atoms with Gasteiger partial charge < -0.3 is 5.11 Å². The van der Waals surface area contributed by atoms with E-state index in [1.165, 1.54) is 10.8 Å². The van der Waals surface area contributed by atoms with Gasteiger partial charge in [-0.15, -0.1) is 0 Å². The van der Waals surface area contributed by atoms with Gasteiger partial charge in [0.25, 0.3) is 9.84 Å². The number of hydrogen-bond acceptors (Lipinski definition) is 5. The lowest BCUT2D eigenvalue weighted by molar-refractivity contribution is -0.0436. The van der Waals surface area contributed by atoms with Gasteiger partial charge in [-0.2, -0.15) is 13.2 Å². The molecule has 0 aliphatic carbocycles. The quantitative estimate of drug-likeness (QED) is 0.500. The molecule has 0 aliphatic rings. The van der Waals surface area contributed by atoms with E-state index in [2.05, 4.69) is 4.98 Å². The summed E-state index contributed by atoms with van der Waals surface area (Å²) in [6.45, 7) is 2.03. The third-order valence-electron chi connectivity index (χ3n) is 5.05. The number of alkyl halides is 3. The molecular weight excluding hydrogens is 447 g/mol. The molecule has 0 saturated carbocycles. The number of sulfone groups is 1. The van der Waals surface area contributed by atoms with E-state index in [-0.39, 0.29) is 12.2 Å². The van der Waals surface area contributed by atoms with Gasteiger partial charge in [-0.25, -0.2) is 17.8 Å². The van der Waals surface area contributed by atoms with Crippen LogP contribution in [-0.2, 0) is 16.4 Å². The Bertz CT molecular complexity index is 1480. The Morgan fingerprint density at radius 3 is 2.41 bits per heavy atom. The molecule has 0 amide bonds. The van der Waals surface area contributed by atoms with Crippen LogP contribution in [0.1, 0.15) is 11.1 Å². The molecule has 4 aromatic rings. The molecule has 4 rings (SSSR count). The molecule has 0 radical (unpaired) electrons. The normalized spacial score (nSPS) is 12.4. The highest BCUT2D eigenvalue weighted by atomic mass is 32.2. The first kappa shape index (κ1) is 21.6. The lowest BCUT2D eigenvalue weighted by atomic mass is 10.0. The minimum absolute atomic E-state index is 0.0168. The largest absolute Gasteiger partial charge is 0.501 e. The second kappa shape index (κ2) is 7.52. The van der Waals surface area contributed by atoms with Crippen molar-refractivity contribution in [2.75, 3.05) is 0 Å². The van der Waals surface area contributed by atoms with Crippen molar-refractivity contribution in [1.82, 2.24) is 14.1 Å². The zero-order chi connectivity index (χ0) is 23.3. The number of fused-ring (bicyclic) bond motifs is 1. The van der Waals surface area contributed by atoms with Crippen LogP contribution in [0.4, 0.5) is 13.2 Å². The third-order valence-corrected chi connectivity index (χ3v) is 6.55. The van der Waals surface area contributed by atoms with Crippen molar-refractivity contribution in [3.63, 3.8) is 0 Å². The number of imidazole rings is 1. The summed E-state index contributed by atoms with van der Waals surface area (Å²) in [5, 5.41) is 11.2. The van der Waals surface area contributed by atoms with Crippen molar-refractivity contribution in [3.05, 3.63) is 82.5 Å². The van der Waals surface area contributed by atoms with Crippen molar-refractivity contribution in [2.45, 2.75) is 23.9 Å². The predicted molar refractivity (Wildman–Crippen MR) is 111 cm³/mol. The van der Waals surface area contributed by atoms with Crippen LogP contribution < -0.4 is 5.69 Å². The average molecular weight is 463 g/mol. The van der Waals surface area contributed by atoms with Crippen LogP contribution in [0.25, 0.3) is 16.6 Å². The van der Waals surface area contributed by atoms with Gasteiger partial charge in [0.1, 0.15) is 0 Å². The molecule has 7 nitrogen and oxygen atoms in total. The van der Waals surface area contributed by atoms with E-state index in [4.69, 9.17) is 0 Å². The van der Waals surface area contributed by atoms with Gasteiger partial charge in [0.2, 0.25) is 5.88 Å². The molecule has 32 heavy (non-hydrogen) atoms. The van der Waals surface area contributed by atoms with Crippen molar-refractivity contribution in [2.24, 2.45) is 0 Å². The number of halogens is 3. The van der Waals surface area contributed by atoms with E-state index < -0.39 is 31.8 Å². The van der Waals surface area contributed by atoms with Gasteiger partial charge in [0, 0.05) is 11.6 Å². The monoisotopic (exact) mass is 463 g/mol. The number of pyridine rings is 1. The molecule has 11 heteroatoms. The molecule has 2 heterocycles. The number of rotatable bonds is 4. The fraction of sp³-hybridized carbons (Fsp3) is 0.143. The minimum atomic E-state index is -5.52. The average Bonchev–Trinajstić information content (AvgIpc) is 3.00. The number of hydrogen-bond donors (Lipinski definition) is 1. The highest BCUT2D eigenvalue weighted by Crippen LogP contribution is 2.31. The standard InChI is InChI=1S/C21H16F3N3O4S/c1-13-3-2-4-17-19(13)14(9-10-25-17)11-26-12-18(28)27(20(26)29)15-5-7-16(8-6-15)32(30,31)21(22,23)24/h2-10,12,28H,11H2,1H3. The van der Waals surface area contributed by atoms with Gasteiger partial charge in [-0.1, -0.05) is 12.1 Å². The molecule has 0 saturated heterocycles. The van der Waals surface area contributed by atoms with Gasteiger partial charge in [0.15, 0.2) is 0 Å².